The Labute approximate surface area is 114 Å². The number of primary amides is 1. The topological polar surface area (TPSA) is 80.0 Å². The highest BCUT2D eigenvalue weighted by molar-refractivity contribution is 5.97. The van der Waals surface area contributed by atoms with Crippen LogP contribution in [0, 0.1) is 0 Å². The molecule has 0 atom stereocenters. The van der Waals surface area contributed by atoms with E-state index in [1.807, 2.05) is 6.07 Å². The van der Waals surface area contributed by atoms with Gasteiger partial charge in [-0.1, -0.05) is 6.92 Å². The van der Waals surface area contributed by atoms with Gasteiger partial charge in [0.2, 0.25) is 0 Å². The smallest absolute Gasteiger partial charge is 0.252 e. The summed E-state index contributed by atoms with van der Waals surface area (Å²) >= 11 is 0. The van der Waals surface area contributed by atoms with Crippen LogP contribution < -0.4 is 16.4 Å². The number of carbonyl (C=O) groups excluding carboxylic acids is 1. The third-order valence-corrected chi connectivity index (χ3v) is 3.34. The van der Waals surface area contributed by atoms with E-state index in [0.717, 1.165) is 51.0 Å². The van der Waals surface area contributed by atoms with Crippen LogP contribution in [0.1, 0.15) is 41.4 Å². The maximum Gasteiger partial charge on any atom is 0.252 e. The Hall–Kier alpha value is -1.62. The van der Waals surface area contributed by atoms with Crippen LogP contribution in [0.25, 0.3) is 0 Å². The van der Waals surface area contributed by atoms with Crippen LogP contribution in [0.4, 0.5) is 5.82 Å². The Kier molecular flexibility index (Phi) is 4.74. The lowest BCUT2D eigenvalue weighted by Crippen LogP contribution is -2.24. The zero-order chi connectivity index (χ0) is 13.7. The van der Waals surface area contributed by atoms with E-state index in [2.05, 4.69) is 22.5 Å². The van der Waals surface area contributed by atoms with Crippen LogP contribution in [0.2, 0.25) is 0 Å². The molecule has 0 aromatic carbocycles. The van der Waals surface area contributed by atoms with Gasteiger partial charge in [0.15, 0.2) is 0 Å². The maximum atomic E-state index is 11.5. The number of aromatic nitrogens is 1. The molecule has 104 valence electrons. The van der Waals surface area contributed by atoms with E-state index in [0.29, 0.717) is 11.4 Å². The molecular formula is C14H22N4O. The molecule has 1 amide bonds. The highest BCUT2D eigenvalue weighted by Crippen LogP contribution is 2.24. The van der Waals surface area contributed by atoms with Crippen molar-refractivity contribution in [2.45, 2.75) is 32.6 Å². The first-order chi connectivity index (χ1) is 9.22. The molecule has 0 bridgehead atoms. The van der Waals surface area contributed by atoms with E-state index in [-0.39, 0.29) is 0 Å². The molecule has 5 nitrogen and oxygen atoms in total. The van der Waals surface area contributed by atoms with Crippen LogP contribution in [0.15, 0.2) is 6.07 Å². The molecule has 0 spiro atoms. The summed E-state index contributed by atoms with van der Waals surface area (Å²) in [4.78, 5) is 16.0. The zero-order valence-electron chi connectivity index (χ0n) is 11.5. The fourth-order valence-electron chi connectivity index (χ4n) is 2.37. The zero-order valence-corrected chi connectivity index (χ0v) is 11.5. The molecule has 1 aromatic heterocycles. The summed E-state index contributed by atoms with van der Waals surface area (Å²) < 4.78 is 0. The predicted octanol–water partition coefficient (Wildman–Crippen LogP) is 1.08. The Morgan fingerprint density at radius 2 is 2.21 bits per heavy atom. The number of anilines is 1. The van der Waals surface area contributed by atoms with Gasteiger partial charge in [-0.3, -0.25) is 4.79 Å². The van der Waals surface area contributed by atoms with Crippen molar-refractivity contribution >= 4 is 11.7 Å². The molecule has 0 saturated carbocycles. The number of fused-ring (bicyclic) bond motifs is 1. The standard InChI is InChI=1S/C14H22N4O/c1-2-6-16-7-8-17-14-11(13(15)19)9-10-4-3-5-12(10)18-14/h9,16H,2-8H2,1H3,(H2,15,19)(H,17,18). The van der Waals surface area contributed by atoms with Crippen LogP contribution >= 0.6 is 0 Å². The number of rotatable bonds is 7. The SMILES string of the molecule is CCCNCCNc1nc2c(cc1C(N)=O)CCC2. The number of nitrogens with zero attached hydrogens (tertiary/aromatic N) is 1. The maximum absolute atomic E-state index is 11.5. The third-order valence-electron chi connectivity index (χ3n) is 3.34. The van der Waals surface area contributed by atoms with Crippen LogP contribution in [-0.2, 0) is 12.8 Å². The lowest BCUT2D eigenvalue weighted by Gasteiger charge is -2.12. The van der Waals surface area contributed by atoms with Crippen molar-refractivity contribution in [3.63, 3.8) is 0 Å². The van der Waals surface area contributed by atoms with Crippen molar-refractivity contribution in [2.24, 2.45) is 5.73 Å². The quantitative estimate of drug-likeness (QED) is 0.642. The van der Waals surface area contributed by atoms with Gasteiger partial charge in [-0.15, -0.1) is 0 Å². The Morgan fingerprint density at radius 3 is 2.95 bits per heavy atom. The number of pyridine rings is 1. The number of hydrogen-bond donors (Lipinski definition) is 3. The van der Waals surface area contributed by atoms with Crippen LogP contribution in [0.5, 0.6) is 0 Å². The van der Waals surface area contributed by atoms with Gasteiger partial charge in [0.25, 0.3) is 5.91 Å². The molecule has 0 unspecified atom stereocenters. The van der Waals surface area contributed by atoms with Crippen molar-refractivity contribution in [1.82, 2.24) is 10.3 Å². The monoisotopic (exact) mass is 262 g/mol. The Balaban J connectivity index is 2.03. The van der Waals surface area contributed by atoms with Crippen molar-refractivity contribution in [3.05, 3.63) is 22.9 Å². The first-order valence-electron chi connectivity index (χ1n) is 6.99. The van der Waals surface area contributed by atoms with Gasteiger partial charge < -0.3 is 16.4 Å². The summed E-state index contributed by atoms with van der Waals surface area (Å²) in [5.74, 6) is 0.220. The summed E-state index contributed by atoms with van der Waals surface area (Å²) in [5, 5.41) is 6.51. The first-order valence-corrected chi connectivity index (χ1v) is 6.99. The summed E-state index contributed by atoms with van der Waals surface area (Å²) in [6, 6.07) is 1.90. The van der Waals surface area contributed by atoms with Crippen molar-refractivity contribution in [2.75, 3.05) is 25.0 Å². The lowest BCUT2D eigenvalue weighted by atomic mass is 10.1. The van der Waals surface area contributed by atoms with E-state index in [9.17, 15) is 4.79 Å². The second-order valence-electron chi connectivity index (χ2n) is 4.88. The number of carbonyl (C=O) groups is 1. The van der Waals surface area contributed by atoms with Crippen LogP contribution in [-0.4, -0.2) is 30.5 Å². The van der Waals surface area contributed by atoms with Gasteiger partial charge >= 0.3 is 0 Å². The van der Waals surface area contributed by atoms with E-state index in [1.165, 1.54) is 5.56 Å². The molecule has 1 aromatic rings. The molecule has 5 heteroatoms. The van der Waals surface area contributed by atoms with Gasteiger partial charge in [0.05, 0.1) is 5.56 Å². The number of nitrogens with two attached hydrogens (primary N) is 1. The molecule has 0 radical (unpaired) electrons. The lowest BCUT2D eigenvalue weighted by molar-refractivity contribution is 0.100. The number of amides is 1. The van der Waals surface area contributed by atoms with Gasteiger partial charge in [-0.25, -0.2) is 4.98 Å². The minimum atomic E-state index is -0.411. The minimum absolute atomic E-state index is 0.411. The molecular weight excluding hydrogens is 240 g/mol. The van der Waals surface area contributed by atoms with Crippen molar-refractivity contribution in [1.29, 1.82) is 0 Å². The summed E-state index contributed by atoms with van der Waals surface area (Å²) in [6.07, 6.45) is 4.23. The number of hydrogen-bond acceptors (Lipinski definition) is 4. The number of nitrogens with one attached hydrogen (secondary N) is 2. The van der Waals surface area contributed by atoms with Gasteiger partial charge in [-0.05, 0) is 43.9 Å². The summed E-state index contributed by atoms with van der Waals surface area (Å²) in [5.41, 5.74) is 8.21. The van der Waals surface area contributed by atoms with Crippen molar-refractivity contribution in [3.8, 4) is 0 Å². The van der Waals surface area contributed by atoms with Gasteiger partial charge in [-0.2, -0.15) is 0 Å². The molecule has 1 heterocycles. The third kappa shape index (κ3) is 3.44. The van der Waals surface area contributed by atoms with Crippen LogP contribution in [0.3, 0.4) is 0 Å². The highest BCUT2D eigenvalue weighted by Gasteiger charge is 2.18. The Morgan fingerprint density at radius 1 is 1.37 bits per heavy atom. The molecule has 19 heavy (non-hydrogen) atoms. The molecule has 2 rings (SSSR count). The molecule has 4 N–H and O–H groups in total. The average molecular weight is 262 g/mol. The largest absolute Gasteiger partial charge is 0.368 e. The van der Waals surface area contributed by atoms with Gasteiger partial charge in [0, 0.05) is 18.8 Å². The van der Waals surface area contributed by atoms with Crippen molar-refractivity contribution < 1.29 is 4.79 Å². The van der Waals surface area contributed by atoms with E-state index in [1.54, 1.807) is 0 Å². The second-order valence-corrected chi connectivity index (χ2v) is 4.88. The summed E-state index contributed by atoms with van der Waals surface area (Å²) in [7, 11) is 0. The van der Waals surface area contributed by atoms with E-state index >= 15 is 0 Å². The van der Waals surface area contributed by atoms with E-state index < -0.39 is 5.91 Å². The predicted molar refractivity (Wildman–Crippen MR) is 76.4 cm³/mol. The second kappa shape index (κ2) is 6.52. The Bertz CT molecular complexity index is 459. The molecule has 0 saturated heterocycles. The fraction of sp³-hybridized carbons (Fsp3) is 0.571. The molecule has 1 aliphatic carbocycles. The fourth-order valence-corrected chi connectivity index (χ4v) is 2.37. The highest BCUT2D eigenvalue weighted by atomic mass is 16.1. The normalized spacial score (nSPS) is 13.3. The van der Waals surface area contributed by atoms with E-state index in [4.69, 9.17) is 5.73 Å². The molecule has 0 fully saturated rings. The molecule has 1 aliphatic rings. The molecule has 0 aliphatic heterocycles. The van der Waals surface area contributed by atoms with Gasteiger partial charge in [0.1, 0.15) is 5.82 Å². The summed E-state index contributed by atoms with van der Waals surface area (Å²) in [6.45, 7) is 4.73. The first kappa shape index (κ1) is 13.8. The average Bonchev–Trinajstić information content (AvgIpc) is 2.84. The number of aryl methyl sites for hydroxylation is 2. The minimum Gasteiger partial charge on any atom is -0.368 e.